The van der Waals surface area contributed by atoms with Gasteiger partial charge in [0.25, 0.3) is 0 Å². The molecule has 2 heteroatoms. The monoisotopic (exact) mass is 708 g/mol. The van der Waals surface area contributed by atoms with E-state index in [4.69, 9.17) is 0 Å². The van der Waals surface area contributed by atoms with Crippen LogP contribution in [0.25, 0.3) is 33.4 Å². The van der Waals surface area contributed by atoms with E-state index in [1.165, 1.54) is 55.6 Å². The van der Waals surface area contributed by atoms with Crippen molar-refractivity contribution in [2.75, 3.05) is 9.80 Å². The predicted molar refractivity (Wildman–Crippen MR) is 234 cm³/mol. The van der Waals surface area contributed by atoms with Crippen molar-refractivity contribution in [1.29, 1.82) is 0 Å². The Bertz CT molecular complexity index is 2590. The second-order valence-corrected chi connectivity index (χ2v) is 15.3. The number of rotatable bonds is 8. The van der Waals surface area contributed by atoms with Gasteiger partial charge in [-0.05, 0) is 137 Å². The van der Waals surface area contributed by atoms with Crippen LogP contribution in [0.1, 0.15) is 36.1 Å². The lowest BCUT2D eigenvalue weighted by molar-refractivity contribution is 0.660. The fourth-order valence-corrected chi connectivity index (χ4v) is 8.18. The minimum absolute atomic E-state index is 0.0329. The molecule has 0 saturated carbocycles. The second-order valence-electron chi connectivity index (χ2n) is 15.3. The summed E-state index contributed by atoms with van der Waals surface area (Å²) in [5.41, 5.74) is 19.6. The molecule has 1 aliphatic carbocycles. The van der Waals surface area contributed by atoms with Crippen LogP contribution in [0.4, 0.5) is 34.1 Å². The van der Waals surface area contributed by atoms with E-state index in [0.717, 1.165) is 34.1 Å². The van der Waals surface area contributed by atoms with E-state index in [9.17, 15) is 0 Å². The summed E-state index contributed by atoms with van der Waals surface area (Å²) in [4.78, 5) is 4.64. The van der Waals surface area contributed by atoms with Crippen LogP contribution in [0.15, 0.2) is 194 Å². The minimum atomic E-state index is -0.0329. The quantitative estimate of drug-likeness (QED) is 0.155. The summed E-state index contributed by atoms with van der Waals surface area (Å²) in [7, 11) is 0. The van der Waals surface area contributed by atoms with Crippen molar-refractivity contribution in [1.82, 2.24) is 0 Å². The molecule has 8 aromatic rings. The van der Waals surface area contributed by atoms with Crippen LogP contribution < -0.4 is 9.80 Å². The summed E-state index contributed by atoms with van der Waals surface area (Å²) in [5.74, 6) is 0. The lowest BCUT2D eigenvalue weighted by Crippen LogP contribution is -2.15. The lowest BCUT2D eigenvalue weighted by Gasteiger charge is -2.26. The fourth-order valence-electron chi connectivity index (χ4n) is 8.18. The van der Waals surface area contributed by atoms with Crippen molar-refractivity contribution >= 4 is 34.1 Å². The number of hydrogen-bond acceptors (Lipinski definition) is 2. The maximum Gasteiger partial charge on any atom is 0.0462 e. The maximum atomic E-state index is 2.40. The Labute approximate surface area is 325 Å². The number of fused-ring (bicyclic) bond motifs is 3. The van der Waals surface area contributed by atoms with Crippen molar-refractivity contribution in [3.8, 4) is 33.4 Å². The van der Waals surface area contributed by atoms with Crippen LogP contribution in [0.3, 0.4) is 0 Å². The van der Waals surface area contributed by atoms with Gasteiger partial charge in [-0.3, -0.25) is 0 Å². The molecule has 0 aromatic heterocycles. The average molecular weight is 709 g/mol. The third kappa shape index (κ3) is 6.40. The molecule has 0 saturated heterocycles. The maximum absolute atomic E-state index is 2.40. The molecule has 9 rings (SSSR count). The van der Waals surface area contributed by atoms with Crippen LogP contribution in [-0.4, -0.2) is 0 Å². The van der Waals surface area contributed by atoms with Crippen LogP contribution in [0.5, 0.6) is 0 Å². The Morgan fingerprint density at radius 1 is 0.309 bits per heavy atom. The predicted octanol–water partition coefficient (Wildman–Crippen LogP) is 14.9. The molecule has 55 heavy (non-hydrogen) atoms. The van der Waals surface area contributed by atoms with E-state index in [-0.39, 0.29) is 5.41 Å². The molecule has 0 aliphatic heterocycles. The smallest absolute Gasteiger partial charge is 0.0462 e. The van der Waals surface area contributed by atoms with Crippen LogP contribution in [0.2, 0.25) is 0 Å². The Hall–Kier alpha value is -6.64. The van der Waals surface area contributed by atoms with Gasteiger partial charge in [0.1, 0.15) is 0 Å². The standard InChI is InChI=1S/C53H44N2/c1-37-15-25-45(26-16-37)54(43-11-7-5-8-12-43)46-27-18-39(19-28-46)40-20-29-47(30-21-40)55(44-13-9-6-10-14-44)48-31-22-41(23-32-48)42-24-34-50-49-33-17-38(2)35-51(49)53(3,4)52(50)36-42/h5-36H,1-4H3. The molecule has 266 valence electrons. The molecule has 0 radical (unpaired) electrons. The lowest BCUT2D eigenvalue weighted by atomic mass is 9.81. The van der Waals surface area contributed by atoms with Gasteiger partial charge in [0.05, 0.1) is 0 Å². The van der Waals surface area contributed by atoms with Crippen molar-refractivity contribution in [3.05, 3.63) is 216 Å². The summed E-state index contributed by atoms with van der Waals surface area (Å²) in [6, 6.07) is 70.6. The zero-order valence-corrected chi connectivity index (χ0v) is 31.9. The summed E-state index contributed by atoms with van der Waals surface area (Å²) in [5, 5.41) is 0. The van der Waals surface area contributed by atoms with Gasteiger partial charge >= 0.3 is 0 Å². The molecule has 0 unspecified atom stereocenters. The van der Waals surface area contributed by atoms with Crippen molar-refractivity contribution in [2.45, 2.75) is 33.1 Å². The second kappa shape index (κ2) is 14.0. The van der Waals surface area contributed by atoms with Gasteiger partial charge in [0.15, 0.2) is 0 Å². The summed E-state index contributed by atoms with van der Waals surface area (Å²) < 4.78 is 0. The molecule has 0 amide bonds. The highest BCUT2D eigenvalue weighted by atomic mass is 15.1. The zero-order valence-electron chi connectivity index (χ0n) is 31.9. The van der Waals surface area contributed by atoms with Crippen molar-refractivity contribution in [3.63, 3.8) is 0 Å². The Morgan fingerprint density at radius 3 is 1.09 bits per heavy atom. The van der Waals surface area contributed by atoms with Gasteiger partial charge in [-0.2, -0.15) is 0 Å². The molecule has 0 bridgehead atoms. The third-order valence-corrected chi connectivity index (χ3v) is 11.2. The Kier molecular flexibility index (Phi) is 8.67. The number of benzene rings is 8. The van der Waals surface area contributed by atoms with Gasteiger partial charge in [-0.25, -0.2) is 0 Å². The highest BCUT2D eigenvalue weighted by Crippen LogP contribution is 2.50. The van der Waals surface area contributed by atoms with E-state index in [2.05, 4.69) is 232 Å². The largest absolute Gasteiger partial charge is 0.311 e. The zero-order chi connectivity index (χ0) is 37.5. The number of hydrogen-bond donors (Lipinski definition) is 0. The molecular weight excluding hydrogens is 665 g/mol. The third-order valence-electron chi connectivity index (χ3n) is 11.2. The highest BCUT2D eigenvalue weighted by molar-refractivity contribution is 5.85. The molecule has 0 heterocycles. The molecular formula is C53H44N2. The number of anilines is 6. The molecule has 1 aliphatic rings. The van der Waals surface area contributed by atoms with Crippen molar-refractivity contribution in [2.24, 2.45) is 0 Å². The van der Waals surface area contributed by atoms with Crippen LogP contribution in [-0.2, 0) is 5.41 Å². The molecule has 0 spiro atoms. The highest BCUT2D eigenvalue weighted by Gasteiger charge is 2.35. The van der Waals surface area contributed by atoms with Gasteiger partial charge in [-0.15, -0.1) is 0 Å². The number of aryl methyl sites for hydroxylation is 2. The molecule has 8 aromatic carbocycles. The molecule has 0 fully saturated rings. The van der Waals surface area contributed by atoms with E-state index in [0.29, 0.717) is 0 Å². The van der Waals surface area contributed by atoms with Crippen LogP contribution in [0, 0.1) is 13.8 Å². The minimum Gasteiger partial charge on any atom is -0.311 e. The first-order chi connectivity index (χ1) is 26.8. The Morgan fingerprint density at radius 2 is 0.636 bits per heavy atom. The first kappa shape index (κ1) is 34.1. The Balaban J connectivity index is 0.998. The normalized spacial score (nSPS) is 12.5. The molecule has 0 atom stereocenters. The summed E-state index contributed by atoms with van der Waals surface area (Å²) in [6.45, 7) is 9.02. The molecule has 2 nitrogen and oxygen atoms in total. The first-order valence-electron chi connectivity index (χ1n) is 19.2. The van der Waals surface area contributed by atoms with Crippen molar-refractivity contribution < 1.29 is 0 Å². The van der Waals surface area contributed by atoms with Crippen LogP contribution >= 0.6 is 0 Å². The summed E-state index contributed by atoms with van der Waals surface area (Å²) in [6.07, 6.45) is 0. The first-order valence-corrected chi connectivity index (χ1v) is 19.2. The van der Waals surface area contributed by atoms with Gasteiger partial charge in [0, 0.05) is 39.5 Å². The van der Waals surface area contributed by atoms with E-state index in [1.807, 2.05) is 0 Å². The SMILES string of the molecule is Cc1ccc(N(c2ccccc2)c2ccc(-c3ccc(N(c4ccccc4)c4ccc(-c5ccc6c(c5)C(C)(C)c5cc(C)ccc5-6)cc4)cc3)cc2)cc1. The van der Waals surface area contributed by atoms with E-state index >= 15 is 0 Å². The number of nitrogens with zero attached hydrogens (tertiary/aromatic N) is 2. The summed E-state index contributed by atoms with van der Waals surface area (Å²) >= 11 is 0. The fraction of sp³-hybridized carbons (Fsp3) is 0.0943. The van der Waals surface area contributed by atoms with E-state index < -0.39 is 0 Å². The van der Waals surface area contributed by atoms with Gasteiger partial charge in [-0.1, -0.05) is 140 Å². The molecule has 0 N–H and O–H groups in total. The van der Waals surface area contributed by atoms with Gasteiger partial charge < -0.3 is 9.80 Å². The van der Waals surface area contributed by atoms with Gasteiger partial charge in [0.2, 0.25) is 0 Å². The van der Waals surface area contributed by atoms with E-state index in [1.54, 1.807) is 0 Å². The topological polar surface area (TPSA) is 6.48 Å². The number of para-hydroxylation sites is 2. The average Bonchev–Trinajstić information content (AvgIpc) is 3.45.